The van der Waals surface area contributed by atoms with Crippen molar-refractivity contribution in [3.05, 3.63) is 0 Å². The first-order valence-electron chi connectivity index (χ1n) is 11.5. The van der Waals surface area contributed by atoms with E-state index < -0.39 is 45.3 Å². The van der Waals surface area contributed by atoms with Crippen LogP contribution in [-0.4, -0.2) is 47.7 Å². The number of esters is 1. The number of rotatable bonds is 21. The zero-order valence-corrected chi connectivity index (χ0v) is 20.1. The van der Waals surface area contributed by atoms with Gasteiger partial charge >= 0.3 is 25.6 Å². The van der Waals surface area contributed by atoms with Crippen LogP contribution in [0.25, 0.3) is 0 Å². The van der Waals surface area contributed by atoms with Crippen molar-refractivity contribution in [2.75, 3.05) is 19.7 Å². The molecule has 11 heteroatoms. The number of carboxylic acids is 1. The molecule has 0 rings (SSSR count). The van der Waals surface area contributed by atoms with Gasteiger partial charge in [-0.05, 0) is 6.42 Å². The first kappa shape index (κ1) is 30.4. The van der Waals surface area contributed by atoms with Crippen molar-refractivity contribution in [1.29, 1.82) is 0 Å². The summed E-state index contributed by atoms with van der Waals surface area (Å²) < 4.78 is 25.0. The molecule has 0 bridgehead atoms. The number of aliphatic carboxylic acids is 1. The van der Waals surface area contributed by atoms with Gasteiger partial charge in [0.05, 0.1) is 0 Å². The summed E-state index contributed by atoms with van der Waals surface area (Å²) in [5, 5.41) is 10.3. The van der Waals surface area contributed by atoms with Crippen LogP contribution in [0.3, 0.4) is 0 Å². The lowest BCUT2D eigenvalue weighted by atomic mass is 10.0. The Morgan fingerprint density at radius 1 is 0.812 bits per heavy atom. The number of alkyl carbamates (subject to hydrolysis) is 1. The van der Waals surface area contributed by atoms with Crippen LogP contribution < -0.4 is 5.32 Å². The van der Waals surface area contributed by atoms with E-state index in [1.165, 1.54) is 64.2 Å². The summed E-state index contributed by atoms with van der Waals surface area (Å²) in [5.41, 5.74) is 0. The maximum Gasteiger partial charge on any atom is 0.410 e. The number of hydrogen-bond acceptors (Lipinski definition) is 7. The Labute approximate surface area is 190 Å². The molecule has 0 saturated carbocycles. The number of ether oxygens (including phenoxy) is 2. The summed E-state index contributed by atoms with van der Waals surface area (Å²) in [6, 6.07) is 0. The number of carboxylic acid groups (broad SMARTS) is 1. The molecule has 188 valence electrons. The van der Waals surface area contributed by atoms with Crippen molar-refractivity contribution in [2.24, 2.45) is 0 Å². The fraction of sp³-hybridized carbons (Fsp3) is 0.857. The van der Waals surface area contributed by atoms with Crippen LogP contribution in [-0.2, 0) is 28.2 Å². The van der Waals surface area contributed by atoms with Crippen molar-refractivity contribution in [2.45, 2.75) is 96.8 Å². The molecular weight excluding hydrogens is 441 g/mol. The molecule has 0 spiro atoms. The van der Waals surface area contributed by atoms with Crippen molar-refractivity contribution in [3.63, 3.8) is 0 Å². The maximum atomic E-state index is 11.6. The summed E-state index contributed by atoms with van der Waals surface area (Å²) in [5.74, 6) is -1.91. The third-order valence-corrected chi connectivity index (χ3v) is 5.80. The molecule has 0 aromatic heterocycles. The zero-order valence-electron chi connectivity index (χ0n) is 19.2. The van der Waals surface area contributed by atoms with E-state index in [9.17, 15) is 23.8 Å². The fourth-order valence-electron chi connectivity index (χ4n) is 2.93. The monoisotopic (exact) mass is 481 g/mol. The highest BCUT2D eigenvalue weighted by atomic mass is 31.2. The van der Waals surface area contributed by atoms with Gasteiger partial charge in [-0.25, -0.2) is 9.59 Å². The van der Waals surface area contributed by atoms with Crippen LogP contribution in [0.4, 0.5) is 4.79 Å². The number of unbranched alkanes of at least 4 members (excludes halogenated alkanes) is 12. The summed E-state index contributed by atoms with van der Waals surface area (Å²) >= 11 is 0. The molecule has 0 aromatic rings. The third kappa shape index (κ3) is 21.6. The van der Waals surface area contributed by atoms with Crippen LogP contribution in [0.5, 0.6) is 0 Å². The van der Waals surface area contributed by atoms with E-state index >= 15 is 0 Å². The average molecular weight is 482 g/mol. The van der Waals surface area contributed by atoms with Gasteiger partial charge in [-0.3, -0.25) is 13.9 Å². The third-order valence-electron chi connectivity index (χ3n) is 4.71. The molecule has 0 fully saturated rings. The van der Waals surface area contributed by atoms with E-state index in [1.807, 2.05) is 5.32 Å². The first-order chi connectivity index (χ1) is 15.3. The second-order valence-corrected chi connectivity index (χ2v) is 9.55. The number of amides is 1. The minimum atomic E-state index is -4.29. The number of nitrogens with one attached hydrogen (secondary N) is 1. The Hall–Kier alpha value is -1.64. The maximum absolute atomic E-state index is 11.6. The van der Waals surface area contributed by atoms with E-state index in [0.717, 1.165) is 12.8 Å². The lowest BCUT2D eigenvalue weighted by molar-refractivity contribution is -0.152. The van der Waals surface area contributed by atoms with Crippen molar-refractivity contribution in [3.8, 4) is 0 Å². The average Bonchev–Trinajstić information content (AvgIpc) is 2.74. The van der Waals surface area contributed by atoms with Crippen LogP contribution in [0.1, 0.15) is 96.8 Å². The van der Waals surface area contributed by atoms with E-state index in [2.05, 4.69) is 16.2 Å². The van der Waals surface area contributed by atoms with E-state index in [4.69, 9.17) is 9.84 Å². The number of carbonyl (C=O) groups is 3. The molecule has 32 heavy (non-hydrogen) atoms. The topological polar surface area (TPSA) is 148 Å². The van der Waals surface area contributed by atoms with Gasteiger partial charge in [-0.15, -0.1) is 0 Å². The molecular formula is C21H40NO9P. The molecule has 10 nitrogen and oxygen atoms in total. The number of carbonyl (C=O) groups excluding carboxylic acids is 2. The van der Waals surface area contributed by atoms with E-state index in [-0.39, 0.29) is 6.42 Å². The molecule has 1 amide bonds. The lowest BCUT2D eigenvalue weighted by Crippen LogP contribution is -2.27. The van der Waals surface area contributed by atoms with Gasteiger partial charge < -0.3 is 24.8 Å². The highest BCUT2D eigenvalue weighted by molar-refractivity contribution is 7.52. The van der Waals surface area contributed by atoms with Gasteiger partial charge in [0, 0.05) is 6.42 Å². The Kier molecular flexibility index (Phi) is 19.0. The van der Waals surface area contributed by atoms with E-state index in [0.29, 0.717) is 6.42 Å². The molecule has 0 saturated heterocycles. The van der Waals surface area contributed by atoms with Gasteiger partial charge in [-0.1, -0.05) is 84.0 Å². The Morgan fingerprint density at radius 3 is 1.81 bits per heavy atom. The standard InChI is InChI=1S/C21H40NO9P/c1-2-3-4-5-6-7-8-9-10-11-12-13-14-15-20(25)29-18-30-21(26)22-17-32(27,28)31-16-19(23)24/h2-18H2,1H3,(H,22,26)(H,23,24)(H,27,28). The highest BCUT2D eigenvalue weighted by Gasteiger charge is 2.22. The van der Waals surface area contributed by atoms with Crippen LogP contribution in [0.15, 0.2) is 0 Å². The first-order valence-corrected chi connectivity index (χ1v) is 13.3. The predicted molar refractivity (Wildman–Crippen MR) is 119 cm³/mol. The van der Waals surface area contributed by atoms with Gasteiger partial charge in [0.25, 0.3) is 0 Å². The Morgan fingerprint density at radius 2 is 1.31 bits per heavy atom. The molecule has 1 atom stereocenters. The summed E-state index contributed by atoms with van der Waals surface area (Å²) in [6.07, 6.45) is 14.0. The molecule has 0 aromatic carbocycles. The normalized spacial score (nSPS) is 12.7. The number of hydrogen-bond donors (Lipinski definition) is 3. The smallest absolute Gasteiger partial charge is 0.410 e. The van der Waals surface area contributed by atoms with Gasteiger partial charge in [-0.2, -0.15) is 0 Å². The molecule has 0 radical (unpaired) electrons. The molecule has 0 aliphatic rings. The van der Waals surface area contributed by atoms with E-state index in [1.54, 1.807) is 0 Å². The molecule has 3 N–H and O–H groups in total. The van der Waals surface area contributed by atoms with Crippen LogP contribution in [0, 0.1) is 0 Å². The lowest BCUT2D eigenvalue weighted by Gasteiger charge is -2.12. The molecule has 0 aliphatic carbocycles. The fourth-order valence-corrected chi connectivity index (χ4v) is 3.66. The minimum absolute atomic E-state index is 0.234. The van der Waals surface area contributed by atoms with Crippen LogP contribution in [0.2, 0.25) is 0 Å². The predicted octanol–water partition coefficient (Wildman–Crippen LogP) is 4.94. The quantitative estimate of drug-likeness (QED) is 0.0897. The zero-order chi connectivity index (χ0) is 24.1. The molecule has 0 aliphatic heterocycles. The van der Waals surface area contributed by atoms with Crippen molar-refractivity contribution >= 4 is 25.6 Å². The SMILES string of the molecule is CCCCCCCCCCCCCCCC(=O)OCOC(=O)NCP(=O)(O)OCC(=O)O. The largest absolute Gasteiger partial charge is 0.480 e. The minimum Gasteiger partial charge on any atom is -0.480 e. The summed E-state index contributed by atoms with van der Waals surface area (Å²) in [7, 11) is -4.29. The summed E-state index contributed by atoms with van der Waals surface area (Å²) in [4.78, 5) is 42.5. The Balaban J connectivity index is 3.50. The van der Waals surface area contributed by atoms with Crippen molar-refractivity contribution < 1.29 is 42.9 Å². The van der Waals surface area contributed by atoms with Crippen molar-refractivity contribution in [1.82, 2.24) is 5.32 Å². The van der Waals surface area contributed by atoms with Crippen LogP contribution >= 0.6 is 7.60 Å². The second-order valence-electron chi connectivity index (χ2n) is 7.70. The van der Waals surface area contributed by atoms with Gasteiger partial charge in [0.1, 0.15) is 6.29 Å². The van der Waals surface area contributed by atoms with Gasteiger partial charge in [0.2, 0.25) is 6.79 Å². The molecule has 1 unspecified atom stereocenters. The highest BCUT2D eigenvalue weighted by Crippen LogP contribution is 2.39. The van der Waals surface area contributed by atoms with Gasteiger partial charge in [0.15, 0.2) is 6.61 Å². The summed E-state index contributed by atoms with van der Waals surface area (Å²) in [6.45, 7) is 0.642. The molecule has 0 heterocycles. The second kappa shape index (κ2) is 20.0. The Bertz CT molecular complexity index is 571.